The third-order valence-electron chi connectivity index (χ3n) is 3.91. The molecule has 1 heterocycles. The van der Waals surface area contributed by atoms with E-state index in [4.69, 9.17) is 4.74 Å². The fourth-order valence-electron chi connectivity index (χ4n) is 2.54. The third-order valence-corrected chi connectivity index (χ3v) is 3.91. The van der Waals surface area contributed by atoms with E-state index in [2.05, 4.69) is 6.92 Å². The van der Waals surface area contributed by atoms with E-state index < -0.39 is 0 Å². The molecule has 21 heavy (non-hydrogen) atoms. The Morgan fingerprint density at radius 2 is 1.76 bits per heavy atom. The van der Waals surface area contributed by atoms with Gasteiger partial charge in [-0.05, 0) is 24.1 Å². The molecule has 0 aliphatic carbocycles. The lowest BCUT2D eigenvalue weighted by Gasteiger charge is -2.34. The van der Waals surface area contributed by atoms with Crippen LogP contribution in [0.5, 0.6) is 5.75 Å². The number of carbonyl (C=O) groups is 2. The number of hydrogen-bond acceptors (Lipinski definition) is 3. The van der Waals surface area contributed by atoms with Crippen LogP contribution >= 0.6 is 0 Å². The maximum absolute atomic E-state index is 12.7. The number of aryl methyl sites for hydroxylation is 1. The zero-order chi connectivity index (χ0) is 15.4. The summed E-state index contributed by atoms with van der Waals surface area (Å²) >= 11 is 0. The second-order valence-corrected chi connectivity index (χ2v) is 5.19. The number of piperazine rings is 1. The molecule has 1 aliphatic heterocycles. The van der Waals surface area contributed by atoms with Crippen molar-refractivity contribution < 1.29 is 14.3 Å². The van der Waals surface area contributed by atoms with Crippen molar-refractivity contribution in [2.24, 2.45) is 0 Å². The van der Waals surface area contributed by atoms with Crippen molar-refractivity contribution in [3.05, 3.63) is 29.3 Å². The standard InChI is InChI=1S/C16H22N2O3/c1-4-13-5-6-15(21-3)14(11-13)16(20)18-9-7-17(8-10-18)12(2)19/h5-6,11H,4,7-10H2,1-3H3. The monoisotopic (exact) mass is 290 g/mol. The minimum atomic E-state index is -0.0228. The van der Waals surface area contributed by atoms with Crippen LogP contribution in [0.25, 0.3) is 0 Å². The van der Waals surface area contributed by atoms with Gasteiger partial charge in [-0.15, -0.1) is 0 Å². The van der Waals surface area contributed by atoms with Crippen molar-refractivity contribution in [1.29, 1.82) is 0 Å². The molecule has 1 aromatic rings. The summed E-state index contributed by atoms with van der Waals surface area (Å²) in [5, 5.41) is 0. The normalized spacial score (nSPS) is 15.0. The highest BCUT2D eigenvalue weighted by Gasteiger charge is 2.25. The van der Waals surface area contributed by atoms with Crippen molar-refractivity contribution in [2.45, 2.75) is 20.3 Å². The lowest BCUT2D eigenvalue weighted by molar-refractivity contribution is -0.130. The molecule has 0 spiro atoms. The molecule has 5 nitrogen and oxygen atoms in total. The van der Waals surface area contributed by atoms with Crippen LogP contribution in [0, 0.1) is 0 Å². The average Bonchev–Trinajstić information content (AvgIpc) is 2.53. The maximum atomic E-state index is 12.7. The van der Waals surface area contributed by atoms with E-state index in [1.807, 2.05) is 18.2 Å². The Kier molecular flexibility index (Phi) is 4.83. The molecule has 5 heteroatoms. The molecule has 0 saturated carbocycles. The SMILES string of the molecule is CCc1ccc(OC)c(C(=O)N2CCN(C(C)=O)CC2)c1. The van der Waals surface area contributed by atoms with Crippen molar-refractivity contribution in [3.63, 3.8) is 0 Å². The number of ether oxygens (including phenoxy) is 1. The second kappa shape index (κ2) is 6.61. The van der Waals surface area contributed by atoms with Gasteiger partial charge in [0, 0.05) is 33.1 Å². The van der Waals surface area contributed by atoms with Gasteiger partial charge in [0.15, 0.2) is 0 Å². The molecule has 2 amide bonds. The lowest BCUT2D eigenvalue weighted by atomic mass is 10.1. The highest BCUT2D eigenvalue weighted by molar-refractivity contribution is 5.97. The van der Waals surface area contributed by atoms with Gasteiger partial charge in [-0.3, -0.25) is 9.59 Å². The summed E-state index contributed by atoms with van der Waals surface area (Å²) in [5.41, 5.74) is 1.72. The van der Waals surface area contributed by atoms with Gasteiger partial charge in [0.1, 0.15) is 5.75 Å². The van der Waals surface area contributed by atoms with E-state index in [0.29, 0.717) is 37.5 Å². The Morgan fingerprint density at radius 1 is 1.14 bits per heavy atom. The molecule has 0 radical (unpaired) electrons. The molecule has 0 N–H and O–H groups in total. The molecule has 1 aromatic carbocycles. The van der Waals surface area contributed by atoms with Gasteiger partial charge in [-0.25, -0.2) is 0 Å². The summed E-state index contributed by atoms with van der Waals surface area (Å²) in [4.78, 5) is 27.6. The van der Waals surface area contributed by atoms with Gasteiger partial charge >= 0.3 is 0 Å². The first kappa shape index (κ1) is 15.4. The molecule has 0 aromatic heterocycles. The van der Waals surface area contributed by atoms with Crippen molar-refractivity contribution in [3.8, 4) is 5.75 Å². The van der Waals surface area contributed by atoms with E-state index in [9.17, 15) is 9.59 Å². The number of nitrogens with zero attached hydrogens (tertiary/aromatic N) is 2. The number of amides is 2. The van der Waals surface area contributed by atoms with Gasteiger partial charge in [-0.2, -0.15) is 0 Å². The van der Waals surface area contributed by atoms with E-state index >= 15 is 0 Å². The number of carbonyl (C=O) groups excluding carboxylic acids is 2. The highest BCUT2D eigenvalue weighted by atomic mass is 16.5. The zero-order valence-corrected chi connectivity index (χ0v) is 12.9. The van der Waals surface area contributed by atoms with E-state index in [1.54, 1.807) is 23.8 Å². The molecule has 1 saturated heterocycles. The summed E-state index contributed by atoms with van der Waals surface area (Å²) in [5.74, 6) is 0.643. The van der Waals surface area contributed by atoms with Crippen molar-refractivity contribution in [1.82, 2.24) is 9.80 Å². The van der Waals surface area contributed by atoms with E-state index in [1.165, 1.54) is 0 Å². The molecular weight excluding hydrogens is 268 g/mol. The van der Waals surface area contributed by atoms with Gasteiger partial charge < -0.3 is 14.5 Å². The predicted octanol–water partition coefficient (Wildman–Crippen LogP) is 1.56. The smallest absolute Gasteiger partial charge is 0.257 e. The number of hydrogen-bond donors (Lipinski definition) is 0. The molecule has 1 fully saturated rings. The van der Waals surface area contributed by atoms with Crippen LogP contribution < -0.4 is 4.74 Å². The first-order valence-electron chi connectivity index (χ1n) is 7.28. The Hall–Kier alpha value is -2.04. The highest BCUT2D eigenvalue weighted by Crippen LogP contribution is 2.22. The zero-order valence-electron chi connectivity index (χ0n) is 12.9. The third kappa shape index (κ3) is 3.35. The summed E-state index contributed by atoms with van der Waals surface area (Å²) in [6, 6.07) is 5.72. The summed E-state index contributed by atoms with van der Waals surface area (Å²) in [6.07, 6.45) is 0.877. The Labute approximate surface area is 125 Å². The first-order valence-corrected chi connectivity index (χ1v) is 7.28. The van der Waals surface area contributed by atoms with Crippen LogP contribution in [0.3, 0.4) is 0 Å². The Bertz CT molecular complexity index is 534. The van der Waals surface area contributed by atoms with Crippen LogP contribution in [0.2, 0.25) is 0 Å². The number of methoxy groups -OCH3 is 1. The van der Waals surface area contributed by atoms with Gasteiger partial charge in [-0.1, -0.05) is 13.0 Å². The first-order chi connectivity index (χ1) is 10.1. The predicted molar refractivity (Wildman–Crippen MR) is 80.5 cm³/mol. The molecule has 0 unspecified atom stereocenters. The van der Waals surface area contributed by atoms with Gasteiger partial charge in [0.25, 0.3) is 5.91 Å². The molecule has 0 bridgehead atoms. The van der Waals surface area contributed by atoms with Gasteiger partial charge in [0.2, 0.25) is 5.91 Å². The quantitative estimate of drug-likeness (QED) is 0.849. The topological polar surface area (TPSA) is 49.9 Å². The lowest BCUT2D eigenvalue weighted by Crippen LogP contribution is -2.50. The molecule has 0 atom stereocenters. The largest absolute Gasteiger partial charge is 0.496 e. The summed E-state index contributed by atoms with van der Waals surface area (Å²) in [6.45, 7) is 5.94. The van der Waals surface area contributed by atoms with Gasteiger partial charge in [0.05, 0.1) is 12.7 Å². The Morgan fingerprint density at radius 3 is 2.29 bits per heavy atom. The molecule has 2 rings (SSSR count). The van der Waals surface area contributed by atoms with E-state index in [-0.39, 0.29) is 11.8 Å². The minimum absolute atomic E-state index is 0.0228. The fraction of sp³-hybridized carbons (Fsp3) is 0.500. The maximum Gasteiger partial charge on any atom is 0.257 e. The van der Waals surface area contributed by atoms with Crippen LogP contribution in [0.1, 0.15) is 29.8 Å². The van der Waals surface area contributed by atoms with Crippen LogP contribution in [-0.4, -0.2) is 54.9 Å². The molecular formula is C16H22N2O3. The van der Waals surface area contributed by atoms with E-state index in [0.717, 1.165) is 12.0 Å². The number of rotatable bonds is 3. The second-order valence-electron chi connectivity index (χ2n) is 5.19. The Balaban J connectivity index is 2.15. The average molecular weight is 290 g/mol. The van der Waals surface area contributed by atoms with Crippen LogP contribution in [0.4, 0.5) is 0 Å². The van der Waals surface area contributed by atoms with Crippen molar-refractivity contribution in [2.75, 3.05) is 33.3 Å². The van der Waals surface area contributed by atoms with Crippen molar-refractivity contribution >= 4 is 11.8 Å². The fourth-order valence-corrected chi connectivity index (χ4v) is 2.54. The summed E-state index contributed by atoms with van der Waals surface area (Å²) < 4.78 is 5.30. The molecule has 114 valence electrons. The minimum Gasteiger partial charge on any atom is -0.496 e. The van der Waals surface area contributed by atoms with Crippen LogP contribution in [-0.2, 0) is 11.2 Å². The summed E-state index contributed by atoms with van der Waals surface area (Å²) in [7, 11) is 1.57. The molecule has 1 aliphatic rings. The number of benzene rings is 1. The van der Waals surface area contributed by atoms with Crippen LogP contribution in [0.15, 0.2) is 18.2 Å².